The van der Waals surface area contributed by atoms with Gasteiger partial charge in [-0.2, -0.15) is 0 Å². The van der Waals surface area contributed by atoms with E-state index in [0.29, 0.717) is 5.56 Å². The molecule has 4 nitrogen and oxygen atoms in total. The van der Waals surface area contributed by atoms with Crippen LogP contribution in [0.15, 0.2) is 30.3 Å². The first-order valence-electron chi connectivity index (χ1n) is 3.98. The van der Waals surface area contributed by atoms with Crippen molar-refractivity contribution in [2.45, 2.75) is 6.92 Å². The molecule has 0 radical (unpaired) electrons. The number of hydrogen-bond donors (Lipinski definition) is 1. The van der Waals surface area contributed by atoms with Crippen LogP contribution >= 0.6 is 0 Å². The summed E-state index contributed by atoms with van der Waals surface area (Å²) in [5, 5.41) is 7.40. The van der Waals surface area contributed by atoms with Gasteiger partial charge in [0.05, 0.1) is 0 Å². The molecule has 0 bridgehead atoms. The predicted octanol–water partition coefficient (Wildman–Crippen LogP) is 1.14. The minimum absolute atomic E-state index is 0.319. The van der Waals surface area contributed by atoms with Gasteiger partial charge in [-0.1, -0.05) is 30.3 Å². The Hall–Kier alpha value is -1.97. The van der Waals surface area contributed by atoms with Crippen LogP contribution in [-0.2, 0) is 14.3 Å². The van der Waals surface area contributed by atoms with Gasteiger partial charge in [-0.05, 0) is 0 Å². The number of ether oxygens (including phenoxy) is 1. The molecule has 0 aliphatic rings. The average Bonchev–Trinajstić information content (AvgIpc) is 2.17. The molecule has 0 spiro atoms. The minimum Gasteiger partial charge on any atom is -0.388 e. The van der Waals surface area contributed by atoms with E-state index >= 15 is 0 Å². The normalized spacial score (nSPS) is 9.21. The Balaban J connectivity index is 2.76. The summed E-state index contributed by atoms with van der Waals surface area (Å²) in [6.45, 7) is 1.12. The third-order valence-corrected chi connectivity index (χ3v) is 1.50. The highest BCUT2D eigenvalue weighted by Crippen LogP contribution is 2.01. The lowest BCUT2D eigenvalue weighted by atomic mass is 10.1. The van der Waals surface area contributed by atoms with E-state index in [-0.39, 0.29) is 5.71 Å². The number of carbonyl (C=O) groups excluding carboxylic acids is 2. The minimum atomic E-state index is -0.927. The highest BCUT2D eigenvalue weighted by atomic mass is 16.6. The van der Waals surface area contributed by atoms with Gasteiger partial charge in [0.1, 0.15) is 5.71 Å². The number of benzene rings is 1. The molecule has 0 aromatic heterocycles. The van der Waals surface area contributed by atoms with Crippen molar-refractivity contribution >= 4 is 17.7 Å². The van der Waals surface area contributed by atoms with Crippen molar-refractivity contribution in [3.8, 4) is 0 Å². The molecule has 4 heteroatoms. The van der Waals surface area contributed by atoms with Crippen LogP contribution in [0.3, 0.4) is 0 Å². The van der Waals surface area contributed by atoms with Crippen LogP contribution in [0.4, 0.5) is 0 Å². The molecular formula is C10H9NO3. The molecule has 0 saturated carbocycles. The van der Waals surface area contributed by atoms with E-state index in [9.17, 15) is 9.59 Å². The topological polar surface area (TPSA) is 67.2 Å². The molecule has 0 amide bonds. The monoisotopic (exact) mass is 191 g/mol. The van der Waals surface area contributed by atoms with Crippen molar-refractivity contribution in [3.63, 3.8) is 0 Å². The molecule has 0 saturated heterocycles. The van der Waals surface area contributed by atoms with Crippen LogP contribution in [0.2, 0.25) is 0 Å². The Kier molecular flexibility index (Phi) is 3.12. The SMILES string of the molecule is CC(=O)OC(=O)C(=N)c1ccccc1. The van der Waals surface area contributed by atoms with Crippen molar-refractivity contribution in [2.24, 2.45) is 0 Å². The van der Waals surface area contributed by atoms with Crippen LogP contribution in [0.1, 0.15) is 12.5 Å². The standard InChI is InChI=1S/C10H9NO3/c1-7(12)14-10(13)9(11)8-5-3-2-4-6-8/h2-6,11H,1H3. The van der Waals surface area contributed by atoms with Crippen molar-refractivity contribution in [2.75, 3.05) is 0 Å². The molecule has 0 aliphatic carbocycles. The fourth-order valence-corrected chi connectivity index (χ4v) is 0.904. The quantitative estimate of drug-likeness (QED) is 0.433. The van der Waals surface area contributed by atoms with Crippen LogP contribution in [0, 0.1) is 5.41 Å². The van der Waals surface area contributed by atoms with Crippen LogP contribution in [0.5, 0.6) is 0 Å². The summed E-state index contributed by atoms with van der Waals surface area (Å²) in [6, 6.07) is 8.37. The van der Waals surface area contributed by atoms with Gasteiger partial charge in [0.25, 0.3) is 0 Å². The molecule has 1 aromatic rings. The second-order valence-electron chi connectivity index (χ2n) is 2.62. The summed E-state index contributed by atoms with van der Waals surface area (Å²) < 4.78 is 4.26. The maximum atomic E-state index is 11.1. The van der Waals surface area contributed by atoms with Crippen molar-refractivity contribution in [1.82, 2.24) is 0 Å². The van der Waals surface area contributed by atoms with Crippen LogP contribution in [-0.4, -0.2) is 17.7 Å². The van der Waals surface area contributed by atoms with Crippen LogP contribution < -0.4 is 0 Å². The van der Waals surface area contributed by atoms with Crippen molar-refractivity contribution in [3.05, 3.63) is 35.9 Å². The number of esters is 2. The zero-order valence-electron chi connectivity index (χ0n) is 7.61. The maximum Gasteiger partial charge on any atom is 0.364 e. The first kappa shape index (κ1) is 10.1. The number of hydrogen-bond acceptors (Lipinski definition) is 4. The van der Waals surface area contributed by atoms with Gasteiger partial charge in [-0.25, -0.2) is 4.79 Å². The largest absolute Gasteiger partial charge is 0.388 e. The fraction of sp³-hybridized carbons (Fsp3) is 0.100. The van der Waals surface area contributed by atoms with E-state index in [1.807, 2.05) is 0 Å². The summed E-state index contributed by atoms with van der Waals surface area (Å²) in [5.41, 5.74) is 0.111. The van der Waals surface area contributed by atoms with Gasteiger partial charge in [0.15, 0.2) is 0 Å². The molecule has 1 aromatic carbocycles. The molecule has 0 unspecified atom stereocenters. The molecule has 0 atom stereocenters. The predicted molar refractivity (Wildman–Crippen MR) is 50.0 cm³/mol. The lowest BCUT2D eigenvalue weighted by Gasteiger charge is -2.01. The fourth-order valence-electron chi connectivity index (χ4n) is 0.904. The van der Waals surface area contributed by atoms with Crippen molar-refractivity contribution < 1.29 is 14.3 Å². The van der Waals surface area contributed by atoms with Gasteiger partial charge in [-0.15, -0.1) is 0 Å². The summed E-state index contributed by atoms with van der Waals surface area (Å²) >= 11 is 0. The van der Waals surface area contributed by atoms with E-state index in [0.717, 1.165) is 6.92 Å². The first-order valence-corrected chi connectivity index (χ1v) is 3.98. The van der Waals surface area contributed by atoms with E-state index < -0.39 is 11.9 Å². The van der Waals surface area contributed by atoms with E-state index in [1.54, 1.807) is 30.3 Å². The maximum absolute atomic E-state index is 11.1. The number of nitrogens with one attached hydrogen (secondary N) is 1. The Labute approximate surface area is 81.0 Å². The van der Waals surface area contributed by atoms with Gasteiger partial charge in [0.2, 0.25) is 0 Å². The van der Waals surface area contributed by atoms with Gasteiger partial charge in [-0.3, -0.25) is 10.2 Å². The van der Waals surface area contributed by atoms with Gasteiger partial charge in [0, 0.05) is 12.5 Å². The third kappa shape index (κ3) is 2.52. The van der Waals surface area contributed by atoms with E-state index in [1.165, 1.54) is 0 Å². The highest BCUT2D eigenvalue weighted by Gasteiger charge is 2.14. The van der Waals surface area contributed by atoms with E-state index in [4.69, 9.17) is 5.41 Å². The summed E-state index contributed by atoms with van der Waals surface area (Å²) in [4.78, 5) is 21.5. The molecule has 0 fully saturated rings. The Morgan fingerprint density at radius 2 is 1.79 bits per heavy atom. The smallest absolute Gasteiger partial charge is 0.364 e. The molecule has 72 valence electrons. The molecular weight excluding hydrogens is 182 g/mol. The zero-order valence-corrected chi connectivity index (χ0v) is 7.61. The van der Waals surface area contributed by atoms with Crippen LogP contribution in [0.25, 0.3) is 0 Å². The third-order valence-electron chi connectivity index (χ3n) is 1.50. The Morgan fingerprint density at radius 3 is 2.29 bits per heavy atom. The van der Waals surface area contributed by atoms with Gasteiger partial charge >= 0.3 is 11.9 Å². The second kappa shape index (κ2) is 4.32. The number of carbonyl (C=O) groups is 2. The summed E-state index contributed by atoms with van der Waals surface area (Å²) in [7, 11) is 0. The Bertz CT molecular complexity index is 370. The van der Waals surface area contributed by atoms with Crippen molar-refractivity contribution in [1.29, 1.82) is 5.41 Å². The molecule has 1 N–H and O–H groups in total. The van der Waals surface area contributed by atoms with Gasteiger partial charge < -0.3 is 4.74 Å². The molecule has 1 rings (SSSR count). The lowest BCUT2D eigenvalue weighted by Crippen LogP contribution is -2.19. The van der Waals surface area contributed by atoms with E-state index in [2.05, 4.69) is 4.74 Å². The summed E-state index contributed by atoms with van der Waals surface area (Å²) in [6.07, 6.45) is 0. The Morgan fingerprint density at radius 1 is 1.21 bits per heavy atom. The highest BCUT2D eigenvalue weighted by molar-refractivity contribution is 6.43. The lowest BCUT2D eigenvalue weighted by molar-refractivity contribution is -0.153. The molecule has 14 heavy (non-hydrogen) atoms. The zero-order chi connectivity index (χ0) is 10.6. The summed E-state index contributed by atoms with van der Waals surface area (Å²) in [5.74, 6) is -1.64. The first-order chi connectivity index (χ1) is 6.61. The molecule has 0 aliphatic heterocycles. The second-order valence-corrected chi connectivity index (χ2v) is 2.62. The molecule has 0 heterocycles. The number of rotatable bonds is 2. The average molecular weight is 191 g/mol.